The van der Waals surface area contributed by atoms with Crippen LogP contribution >= 0.6 is 0 Å². The second-order valence-corrected chi connectivity index (χ2v) is 10.8. The van der Waals surface area contributed by atoms with Crippen molar-refractivity contribution in [3.05, 3.63) is 66.1 Å². The van der Waals surface area contributed by atoms with Crippen molar-refractivity contribution in [3.63, 3.8) is 0 Å². The van der Waals surface area contributed by atoms with Crippen LogP contribution < -0.4 is 20.7 Å². The van der Waals surface area contributed by atoms with Gasteiger partial charge in [0.15, 0.2) is 0 Å². The molecule has 2 fully saturated rings. The summed E-state index contributed by atoms with van der Waals surface area (Å²) < 4.78 is 41.6. The van der Waals surface area contributed by atoms with Gasteiger partial charge in [-0.3, -0.25) is 4.68 Å². The first-order valence-corrected chi connectivity index (χ1v) is 14.3. The summed E-state index contributed by atoms with van der Waals surface area (Å²) >= 11 is 0. The second-order valence-electron chi connectivity index (χ2n) is 10.8. The van der Waals surface area contributed by atoms with E-state index in [4.69, 9.17) is 15.2 Å². The van der Waals surface area contributed by atoms with Crippen LogP contribution in [0.1, 0.15) is 37.3 Å². The van der Waals surface area contributed by atoms with Gasteiger partial charge in [-0.1, -0.05) is 0 Å². The smallest absolute Gasteiger partial charge is 0.139 e. The molecule has 6 rings (SSSR count). The molecule has 0 aliphatic carbocycles. The molecule has 5 heterocycles. The number of hydrogen-bond donors (Lipinski definition) is 2. The topological polar surface area (TPSA) is 127 Å². The van der Waals surface area contributed by atoms with Crippen molar-refractivity contribution in [2.24, 2.45) is 5.73 Å². The molecule has 1 aromatic carbocycles. The zero-order valence-electron chi connectivity index (χ0n) is 23.8. The molecule has 1 atom stereocenters. The highest BCUT2D eigenvalue weighted by molar-refractivity contribution is 5.80. The van der Waals surface area contributed by atoms with Gasteiger partial charge in [0.25, 0.3) is 0 Å². The Labute approximate surface area is 248 Å². The highest BCUT2D eigenvalue weighted by Gasteiger charge is 2.24. The van der Waals surface area contributed by atoms with E-state index in [2.05, 4.69) is 31.5 Å². The lowest BCUT2D eigenvalue weighted by Crippen LogP contribution is -2.43. The van der Waals surface area contributed by atoms with E-state index in [1.807, 2.05) is 23.0 Å². The summed E-state index contributed by atoms with van der Waals surface area (Å²) in [6.45, 7) is 3.00. The fourth-order valence-electron chi connectivity index (χ4n) is 5.73. The van der Waals surface area contributed by atoms with E-state index in [0.29, 0.717) is 24.2 Å². The highest BCUT2D eigenvalue weighted by atomic mass is 19.1. The van der Waals surface area contributed by atoms with Crippen LogP contribution in [0, 0.1) is 23.0 Å². The molecule has 2 aliphatic rings. The Morgan fingerprint density at radius 3 is 2.72 bits per heavy atom. The molecule has 2 aliphatic heterocycles. The van der Waals surface area contributed by atoms with Crippen LogP contribution in [-0.4, -0.2) is 59.2 Å². The SMILES string of the molecule is COc1cc(F)cc(F)c1-c1nc(Nc2cc(N3CCC[C@H](N)C3)c(-c3cnn(C4CCOCC4)c3)cn2)ccc1C#N. The summed E-state index contributed by atoms with van der Waals surface area (Å²) in [6, 6.07) is 9.25. The van der Waals surface area contributed by atoms with Gasteiger partial charge in [-0.15, -0.1) is 0 Å². The van der Waals surface area contributed by atoms with Gasteiger partial charge >= 0.3 is 0 Å². The van der Waals surface area contributed by atoms with Gasteiger partial charge in [-0.05, 0) is 37.8 Å². The number of rotatable bonds is 7. The lowest BCUT2D eigenvalue weighted by atomic mass is 10.0. The van der Waals surface area contributed by atoms with Crippen LogP contribution in [0.2, 0.25) is 0 Å². The third-order valence-corrected chi connectivity index (χ3v) is 7.91. The van der Waals surface area contributed by atoms with Gasteiger partial charge in [-0.2, -0.15) is 10.4 Å². The summed E-state index contributed by atoms with van der Waals surface area (Å²) in [5.74, 6) is -0.909. The Balaban J connectivity index is 1.36. The zero-order valence-corrected chi connectivity index (χ0v) is 23.8. The molecule has 3 aromatic heterocycles. The van der Waals surface area contributed by atoms with Crippen molar-refractivity contribution < 1.29 is 18.3 Å². The van der Waals surface area contributed by atoms with Gasteiger partial charge in [0, 0.05) is 79.8 Å². The van der Waals surface area contributed by atoms with Crippen LogP contribution in [-0.2, 0) is 4.74 Å². The number of piperidine rings is 1. The van der Waals surface area contributed by atoms with Crippen LogP contribution in [0.25, 0.3) is 22.4 Å². The second kappa shape index (κ2) is 12.3. The van der Waals surface area contributed by atoms with E-state index >= 15 is 0 Å². The van der Waals surface area contributed by atoms with Crippen LogP contribution in [0.5, 0.6) is 5.75 Å². The number of nitrogens with zero attached hydrogens (tertiary/aromatic N) is 6. The Hall–Kier alpha value is -4.60. The minimum Gasteiger partial charge on any atom is -0.496 e. The number of ether oxygens (including phenoxy) is 2. The van der Waals surface area contributed by atoms with E-state index in [-0.39, 0.29) is 28.6 Å². The molecule has 4 aromatic rings. The minimum atomic E-state index is -0.884. The summed E-state index contributed by atoms with van der Waals surface area (Å²) in [7, 11) is 1.30. The van der Waals surface area contributed by atoms with E-state index < -0.39 is 11.6 Å². The van der Waals surface area contributed by atoms with Crippen molar-refractivity contribution >= 4 is 17.3 Å². The average Bonchev–Trinajstić information content (AvgIpc) is 3.51. The Morgan fingerprint density at radius 2 is 1.95 bits per heavy atom. The molecule has 0 saturated carbocycles. The van der Waals surface area contributed by atoms with Gasteiger partial charge in [0.1, 0.15) is 35.1 Å². The summed E-state index contributed by atoms with van der Waals surface area (Å²) in [6.07, 6.45) is 9.51. The van der Waals surface area contributed by atoms with Gasteiger partial charge in [0.2, 0.25) is 0 Å². The van der Waals surface area contributed by atoms with Gasteiger partial charge < -0.3 is 25.4 Å². The third-order valence-electron chi connectivity index (χ3n) is 7.91. The number of nitrogens with one attached hydrogen (secondary N) is 1. The zero-order chi connectivity index (χ0) is 29.9. The van der Waals surface area contributed by atoms with Crippen LogP contribution in [0.3, 0.4) is 0 Å². The van der Waals surface area contributed by atoms with Gasteiger partial charge in [0.05, 0.1) is 36.2 Å². The monoisotopic (exact) mass is 586 g/mol. The standard InChI is InChI=1S/C31H32F2N8O2/c1-42-27-12-21(32)11-25(33)30(27)31-19(14-34)4-5-28(39-31)38-29-13-26(40-8-2-3-22(35)18-40)24(16-36-29)20-15-37-41(17-20)23-6-9-43-10-7-23/h4-5,11-13,15-17,22-23H,2-3,6-10,18,35H2,1H3,(H,36,38,39)/t22-/m0/s1. The van der Waals surface area contributed by atoms with Crippen molar-refractivity contribution in [2.45, 2.75) is 37.8 Å². The Morgan fingerprint density at radius 1 is 1.12 bits per heavy atom. The number of pyridine rings is 2. The molecule has 10 nitrogen and oxygen atoms in total. The van der Waals surface area contributed by atoms with E-state index in [0.717, 1.165) is 74.4 Å². The van der Waals surface area contributed by atoms with Crippen molar-refractivity contribution in [1.29, 1.82) is 5.26 Å². The Bertz CT molecular complexity index is 1660. The first-order chi connectivity index (χ1) is 20.9. The molecule has 0 bridgehead atoms. The normalized spacial score (nSPS) is 17.5. The molecular weight excluding hydrogens is 554 g/mol. The van der Waals surface area contributed by atoms with Crippen molar-refractivity contribution in [1.82, 2.24) is 19.7 Å². The van der Waals surface area contributed by atoms with Gasteiger partial charge in [-0.25, -0.2) is 18.7 Å². The van der Waals surface area contributed by atoms with E-state index in [9.17, 15) is 14.0 Å². The number of nitriles is 1. The molecule has 0 amide bonds. The van der Waals surface area contributed by atoms with E-state index in [1.54, 1.807) is 12.3 Å². The summed E-state index contributed by atoms with van der Waals surface area (Å²) in [5.41, 5.74) is 9.25. The van der Waals surface area contributed by atoms with E-state index in [1.165, 1.54) is 13.2 Å². The van der Waals surface area contributed by atoms with Crippen LogP contribution in [0.15, 0.2) is 48.9 Å². The fraction of sp³-hybridized carbons (Fsp3) is 0.355. The average molecular weight is 587 g/mol. The first kappa shape index (κ1) is 28.5. The number of anilines is 3. The van der Waals surface area contributed by atoms with Crippen molar-refractivity contribution in [2.75, 3.05) is 43.6 Å². The molecule has 3 N–H and O–H groups in total. The molecular formula is C31H32F2N8O2. The predicted molar refractivity (Wildman–Crippen MR) is 158 cm³/mol. The molecule has 12 heteroatoms. The quantitative estimate of drug-likeness (QED) is 0.301. The number of nitrogens with two attached hydrogens (primary N) is 1. The number of methoxy groups -OCH3 is 1. The number of hydrogen-bond acceptors (Lipinski definition) is 9. The number of aromatic nitrogens is 4. The molecule has 0 spiro atoms. The fourth-order valence-corrected chi connectivity index (χ4v) is 5.73. The lowest BCUT2D eigenvalue weighted by Gasteiger charge is -2.34. The third kappa shape index (κ3) is 6.00. The highest BCUT2D eigenvalue weighted by Crippen LogP contribution is 2.37. The van der Waals surface area contributed by atoms with Crippen molar-refractivity contribution in [3.8, 4) is 34.2 Å². The number of benzene rings is 1. The minimum absolute atomic E-state index is 0.0289. The maximum absolute atomic E-state index is 14.9. The summed E-state index contributed by atoms with van der Waals surface area (Å²) in [4.78, 5) is 11.5. The molecule has 0 unspecified atom stereocenters. The largest absolute Gasteiger partial charge is 0.496 e. The predicted octanol–water partition coefficient (Wildman–Crippen LogP) is 5.19. The maximum atomic E-state index is 14.9. The molecule has 43 heavy (non-hydrogen) atoms. The molecule has 222 valence electrons. The number of halogens is 2. The molecule has 0 radical (unpaired) electrons. The van der Waals surface area contributed by atoms with Crippen LogP contribution in [0.4, 0.5) is 26.1 Å². The maximum Gasteiger partial charge on any atom is 0.139 e. The summed E-state index contributed by atoms with van der Waals surface area (Å²) in [5, 5.41) is 17.6. The lowest BCUT2D eigenvalue weighted by molar-refractivity contribution is 0.0662. The molecule has 2 saturated heterocycles. The first-order valence-electron chi connectivity index (χ1n) is 14.3. The Kier molecular flexibility index (Phi) is 8.18.